The van der Waals surface area contributed by atoms with Crippen LogP contribution in [0.2, 0.25) is 0 Å². The molecule has 2 nitrogen and oxygen atoms in total. The van der Waals surface area contributed by atoms with E-state index in [1.165, 1.54) is 82.2 Å². The average Bonchev–Trinajstić information content (AvgIpc) is 3.46. The maximum absolute atomic E-state index is 3.81. The first-order valence-corrected chi connectivity index (χ1v) is 12.4. The molecular weight excluding hydrogens is 424 g/mol. The minimum atomic E-state index is -0.106. The van der Waals surface area contributed by atoms with E-state index in [0.717, 1.165) is 0 Å². The van der Waals surface area contributed by atoms with Gasteiger partial charge in [-0.25, -0.2) is 0 Å². The fraction of sp³-hybridized carbons (Fsp3) is 0.0909. The van der Waals surface area contributed by atoms with Crippen LogP contribution in [-0.2, 0) is 5.41 Å². The molecule has 0 spiro atoms. The van der Waals surface area contributed by atoms with E-state index in [-0.39, 0.29) is 5.41 Å². The summed E-state index contributed by atoms with van der Waals surface area (Å²) in [7, 11) is 0. The van der Waals surface area contributed by atoms with Gasteiger partial charge in [0.25, 0.3) is 0 Å². The van der Waals surface area contributed by atoms with Crippen molar-refractivity contribution in [2.75, 3.05) is 0 Å². The summed E-state index contributed by atoms with van der Waals surface area (Å²) < 4.78 is 2.59. The monoisotopic (exact) mass is 446 g/mol. The number of rotatable bonds is 0. The summed E-state index contributed by atoms with van der Waals surface area (Å²) in [5, 5.41) is 7.94. The zero-order valence-corrected chi connectivity index (χ0v) is 19.6. The van der Waals surface area contributed by atoms with E-state index in [2.05, 4.69) is 114 Å². The Bertz CT molecular complexity index is 2190. The van der Waals surface area contributed by atoms with Gasteiger partial charge in [0.15, 0.2) is 0 Å². The smallest absolute Gasteiger partial charge is 0.0620 e. The number of fused-ring (bicyclic) bond motifs is 9. The van der Waals surface area contributed by atoms with Gasteiger partial charge >= 0.3 is 0 Å². The van der Waals surface area contributed by atoms with Crippen molar-refractivity contribution in [3.63, 3.8) is 0 Å². The normalized spacial score (nSPS) is 14.8. The van der Waals surface area contributed by atoms with Gasteiger partial charge in [0.2, 0.25) is 0 Å². The quantitative estimate of drug-likeness (QED) is 0.240. The molecule has 35 heavy (non-hydrogen) atoms. The molecule has 0 fully saturated rings. The van der Waals surface area contributed by atoms with Crippen LogP contribution in [0.25, 0.3) is 71.0 Å². The zero-order valence-electron chi connectivity index (χ0n) is 19.6. The second-order valence-electron chi connectivity index (χ2n) is 10.6. The molecule has 1 aliphatic carbocycles. The number of benzene rings is 5. The van der Waals surface area contributed by atoms with E-state index in [1.807, 2.05) is 0 Å². The first-order chi connectivity index (χ1) is 17.1. The molecular formula is C33H22N2. The zero-order chi connectivity index (χ0) is 23.1. The summed E-state index contributed by atoms with van der Waals surface area (Å²) in [5.74, 6) is 0. The number of hydrogen-bond acceptors (Lipinski definition) is 0. The molecule has 1 aliphatic rings. The van der Waals surface area contributed by atoms with Crippen LogP contribution in [0.3, 0.4) is 0 Å². The van der Waals surface area contributed by atoms with Crippen molar-refractivity contribution in [1.82, 2.24) is 9.38 Å². The van der Waals surface area contributed by atoms with E-state index >= 15 is 0 Å². The first-order valence-electron chi connectivity index (χ1n) is 12.4. The Balaban J connectivity index is 1.75. The number of nitrogens with zero attached hydrogens (tertiary/aromatic N) is 1. The van der Waals surface area contributed by atoms with Gasteiger partial charge in [0.05, 0.1) is 16.6 Å². The summed E-state index contributed by atoms with van der Waals surface area (Å²) in [6, 6.07) is 33.8. The number of H-pyrrole nitrogens is 1. The summed E-state index contributed by atoms with van der Waals surface area (Å²) in [4.78, 5) is 3.81. The fourth-order valence-electron chi connectivity index (χ4n) is 7.25. The van der Waals surface area contributed by atoms with E-state index in [9.17, 15) is 0 Å². The van der Waals surface area contributed by atoms with Gasteiger partial charge in [-0.15, -0.1) is 0 Å². The van der Waals surface area contributed by atoms with Crippen molar-refractivity contribution in [2.24, 2.45) is 0 Å². The Morgan fingerprint density at radius 3 is 2.23 bits per heavy atom. The lowest BCUT2D eigenvalue weighted by molar-refractivity contribution is 0.664. The highest BCUT2D eigenvalue weighted by Crippen LogP contribution is 2.54. The summed E-state index contributed by atoms with van der Waals surface area (Å²) >= 11 is 0. The van der Waals surface area contributed by atoms with Crippen LogP contribution in [0, 0.1) is 0 Å². The van der Waals surface area contributed by atoms with Crippen molar-refractivity contribution in [2.45, 2.75) is 19.3 Å². The summed E-state index contributed by atoms with van der Waals surface area (Å²) in [6.45, 7) is 4.80. The number of para-hydroxylation sites is 2. The molecule has 2 heteroatoms. The molecule has 8 aromatic rings. The highest BCUT2D eigenvalue weighted by molar-refractivity contribution is 6.31. The molecule has 1 N–H and O–H groups in total. The molecule has 0 amide bonds. The van der Waals surface area contributed by atoms with Crippen LogP contribution in [0.15, 0.2) is 91.0 Å². The predicted octanol–water partition coefficient (Wildman–Crippen LogP) is 8.78. The summed E-state index contributed by atoms with van der Waals surface area (Å²) in [6.07, 6.45) is 0. The molecule has 3 aromatic heterocycles. The van der Waals surface area contributed by atoms with Crippen molar-refractivity contribution in [3.05, 3.63) is 102 Å². The molecule has 0 bridgehead atoms. The van der Waals surface area contributed by atoms with Gasteiger partial charge in [-0.3, -0.25) is 0 Å². The second kappa shape index (κ2) is 5.67. The van der Waals surface area contributed by atoms with Crippen molar-refractivity contribution >= 4 is 59.9 Å². The third-order valence-corrected chi connectivity index (χ3v) is 8.61. The van der Waals surface area contributed by atoms with Crippen molar-refractivity contribution < 1.29 is 0 Å². The van der Waals surface area contributed by atoms with E-state index < -0.39 is 0 Å². The topological polar surface area (TPSA) is 20.2 Å². The summed E-state index contributed by atoms with van der Waals surface area (Å²) in [5.41, 5.74) is 11.8. The Kier molecular flexibility index (Phi) is 2.93. The second-order valence-corrected chi connectivity index (χ2v) is 10.6. The van der Waals surface area contributed by atoms with Gasteiger partial charge < -0.3 is 9.38 Å². The number of aromatic amines is 1. The van der Waals surface area contributed by atoms with Gasteiger partial charge in [-0.2, -0.15) is 0 Å². The van der Waals surface area contributed by atoms with Gasteiger partial charge in [-0.1, -0.05) is 86.6 Å². The third kappa shape index (κ3) is 1.89. The minimum absolute atomic E-state index is 0.106. The molecule has 3 heterocycles. The van der Waals surface area contributed by atoms with E-state index in [1.54, 1.807) is 0 Å². The van der Waals surface area contributed by atoms with E-state index in [0.29, 0.717) is 0 Å². The lowest BCUT2D eigenvalue weighted by Gasteiger charge is -2.23. The highest BCUT2D eigenvalue weighted by atomic mass is 14.9. The lowest BCUT2D eigenvalue weighted by Crippen LogP contribution is -2.16. The molecule has 0 aliphatic heterocycles. The van der Waals surface area contributed by atoms with Crippen LogP contribution >= 0.6 is 0 Å². The van der Waals surface area contributed by atoms with Crippen LogP contribution in [0.1, 0.15) is 25.0 Å². The molecule has 164 valence electrons. The van der Waals surface area contributed by atoms with Crippen LogP contribution in [-0.4, -0.2) is 9.38 Å². The number of hydrogen-bond donors (Lipinski definition) is 1. The molecule has 0 saturated heterocycles. The lowest BCUT2D eigenvalue weighted by atomic mass is 9.81. The van der Waals surface area contributed by atoms with Crippen LogP contribution < -0.4 is 0 Å². The molecule has 0 radical (unpaired) electrons. The minimum Gasteiger partial charge on any atom is -0.354 e. The predicted molar refractivity (Wildman–Crippen MR) is 148 cm³/mol. The Hall–Kier alpha value is -4.30. The van der Waals surface area contributed by atoms with Gasteiger partial charge in [-0.05, 0) is 45.8 Å². The maximum Gasteiger partial charge on any atom is 0.0620 e. The number of aromatic nitrogens is 2. The maximum atomic E-state index is 3.81. The third-order valence-electron chi connectivity index (χ3n) is 8.61. The van der Waals surface area contributed by atoms with Gasteiger partial charge in [0.1, 0.15) is 0 Å². The molecule has 9 rings (SSSR count). The highest BCUT2D eigenvalue weighted by Gasteiger charge is 2.39. The Morgan fingerprint density at radius 1 is 0.600 bits per heavy atom. The standard InChI is InChI=1S/C33H22N2/c1-33(2)24-14-5-3-9-18(24)23-17-26-29-28-20(11-8-15-25(28)34-26)22-13-7-12-21-19-10-4-6-16-27(19)35(31(21)22)32(29)30(23)33/h3-17,34H,1-2H3. The van der Waals surface area contributed by atoms with E-state index in [4.69, 9.17) is 0 Å². The molecule has 0 atom stereocenters. The van der Waals surface area contributed by atoms with Crippen molar-refractivity contribution in [1.29, 1.82) is 0 Å². The van der Waals surface area contributed by atoms with Crippen LogP contribution in [0.5, 0.6) is 0 Å². The fourth-order valence-corrected chi connectivity index (χ4v) is 7.25. The molecule has 0 unspecified atom stereocenters. The van der Waals surface area contributed by atoms with Crippen molar-refractivity contribution in [3.8, 4) is 11.1 Å². The Labute approximate surface area is 201 Å². The Morgan fingerprint density at radius 2 is 1.31 bits per heavy atom. The van der Waals surface area contributed by atoms with Gasteiger partial charge in [0, 0.05) is 43.4 Å². The number of nitrogens with one attached hydrogen (secondary N) is 1. The molecule has 0 saturated carbocycles. The molecule has 5 aromatic carbocycles. The average molecular weight is 447 g/mol. The largest absolute Gasteiger partial charge is 0.354 e. The SMILES string of the molecule is CC1(C)c2ccccc2-c2cc3[nH]c4cccc5c6cccc7c8ccccc8n(c(c21)c3c45)c67. The first kappa shape index (κ1) is 18.1. The van der Waals surface area contributed by atoms with Crippen LogP contribution in [0.4, 0.5) is 0 Å².